The van der Waals surface area contributed by atoms with Crippen LogP contribution in [0.4, 0.5) is 0 Å². The van der Waals surface area contributed by atoms with Crippen molar-refractivity contribution < 1.29 is 0 Å². The molecule has 1 heterocycles. The molecule has 2 fully saturated rings. The molecule has 3 aliphatic carbocycles. The second-order valence-electron chi connectivity index (χ2n) is 8.95. The van der Waals surface area contributed by atoms with Crippen LogP contribution in [0.15, 0.2) is 33.2 Å². The first-order chi connectivity index (χ1) is 10.9. The van der Waals surface area contributed by atoms with Gasteiger partial charge in [0, 0.05) is 0 Å². The predicted molar refractivity (Wildman–Crippen MR) is 99.4 cm³/mol. The van der Waals surface area contributed by atoms with Crippen molar-refractivity contribution in [2.75, 3.05) is 0 Å². The zero-order chi connectivity index (χ0) is 16.0. The fourth-order valence-corrected chi connectivity index (χ4v) is 15.5. The van der Waals surface area contributed by atoms with E-state index in [4.69, 9.17) is 0 Å². The summed E-state index contributed by atoms with van der Waals surface area (Å²) in [5, 5.41) is 0. The summed E-state index contributed by atoms with van der Waals surface area (Å²) in [6.45, 7) is 10.1. The molecule has 0 aromatic heterocycles. The van der Waals surface area contributed by atoms with E-state index in [2.05, 4.69) is 52.0 Å². The summed E-state index contributed by atoms with van der Waals surface area (Å²) in [5.74, 6) is 2.19. The quantitative estimate of drug-likeness (QED) is 0.508. The average molecular weight is 436 g/mol. The van der Waals surface area contributed by atoms with Gasteiger partial charge in [-0.05, 0) is 0 Å². The van der Waals surface area contributed by atoms with Crippen LogP contribution >= 0.6 is 0 Å². The van der Waals surface area contributed by atoms with E-state index in [-0.39, 0.29) is 10.8 Å². The van der Waals surface area contributed by atoms with E-state index in [1.54, 1.807) is 30.4 Å². The molecule has 2 heteroatoms. The normalized spacial score (nSPS) is 39.0. The Bertz CT molecular complexity index is 653. The van der Waals surface area contributed by atoms with Crippen LogP contribution in [0, 0.1) is 11.8 Å². The molecule has 1 aromatic carbocycles. The molecule has 0 N–H and O–H groups in total. The molecule has 4 atom stereocenters. The van der Waals surface area contributed by atoms with Crippen LogP contribution in [0.3, 0.4) is 0 Å². The SMILES string of the molecule is CC1(C)C2=C([Se]C3C4CCC(C4)C3[Se]2)C(C)(C)c2ccccc21. The van der Waals surface area contributed by atoms with E-state index in [9.17, 15) is 0 Å². The Morgan fingerprint density at radius 2 is 1.22 bits per heavy atom. The van der Waals surface area contributed by atoms with Crippen LogP contribution in [-0.4, -0.2) is 29.9 Å². The van der Waals surface area contributed by atoms with Gasteiger partial charge < -0.3 is 0 Å². The third-order valence-electron chi connectivity index (χ3n) is 6.89. The molecule has 1 aromatic rings. The Balaban J connectivity index is 1.68. The van der Waals surface area contributed by atoms with Gasteiger partial charge in [-0.3, -0.25) is 0 Å². The molecule has 0 radical (unpaired) electrons. The maximum atomic E-state index is 2.52. The van der Waals surface area contributed by atoms with Crippen molar-refractivity contribution in [3.63, 3.8) is 0 Å². The summed E-state index contributed by atoms with van der Waals surface area (Å²) in [6, 6.07) is 9.33. The molecule has 2 bridgehead atoms. The third kappa shape index (κ3) is 1.90. The standard InChI is InChI=1S/C21H26Se2/c1-20(2)14-7-5-6-8-15(14)21(3,4)19-18(20)22-16-12-9-10-13(11-12)17(16)23-19/h5-8,12-13,16-17H,9-11H2,1-4H3. The Hall–Kier alpha value is -0.00104. The van der Waals surface area contributed by atoms with Crippen LogP contribution < -0.4 is 0 Å². The number of allylic oxidation sites excluding steroid dienone is 2. The molecule has 1 aliphatic heterocycles. The van der Waals surface area contributed by atoms with Crippen LogP contribution in [0.5, 0.6) is 0 Å². The Kier molecular flexibility index (Phi) is 3.18. The predicted octanol–water partition coefficient (Wildman–Crippen LogP) is 4.90. The van der Waals surface area contributed by atoms with Crippen LogP contribution in [0.25, 0.3) is 0 Å². The van der Waals surface area contributed by atoms with E-state index >= 15 is 0 Å². The van der Waals surface area contributed by atoms with E-state index in [0.717, 1.165) is 51.4 Å². The monoisotopic (exact) mass is 438 g/mol. The van der Waals surface area contributed by atoms with E-state index in [1.807, 2.05) is 8.94 Å². The number of hydrogen-bond donors (Lipinski definition) is 0. The molecule has 23 heavy (non-hydrogen) atoms. The van der Waals surface area contributed by atoms with Gasteiger partial charge in [0.1, 0.15) is 0 Å². The molecule has 0 amide bonds. The van der Waals surface area contributed by atoms with Crippen LogP contribution in [-0.2, 0) is 10.8 Å². The second kappa shape index (κ2) is 4.79. The topological polar surface area (TPSA) is 0 Å². The molecule has 0 saturated heterocycles. The summed E-state index contributed by atoms with van der Waals surface area (Å²) in [7, 11) is 0. The third-order valence-corrected chi connectivity index (χ3v) is 16.4. The van der Waals surface area contributed by atoms with Gasteiger partial charge >= 0.3 is 154 Å². The molecule has 0 nitrogen and oxygen atoms in total. The van der Waals surface area contributed by atoms with Crippen molar-refractivity contribution in [1.29, 1.82) is 0 Å². The van der Waals surface area contributed by atoms with Gasteiger partial charge in [0.05, 0.1) is 0 Å². The number of rotatable bonds is 0. The van der Waals surface area contributed by atoms with Gasteiger partial charge in [0.25, 0.3) is 0 Å². The minimum atomic E-state index is 0.274. The fraction of sp³-hybridized carbons (Fsp3) is 0.619. The van der Waals surface area contributed by atoms with Crippen molar-refractivity contribution in [2.24, 2.45) is 11.8 Å². The average Bonchev–Trinajstić information content (AvgIpc) is 3.14. The Labute approximate surface area is 153 Å². The van der Waals surface area contributed by atoms with E-state index < -0.39 is 0 Å². The van der Waals surface area contributed by atoms with Gasteiger partial charge in [-0.1, -0.05) is 0 Å². The maximum absolute atomic E-state index is 2.52. The van der Waals surface area contributed by atoms with Crippen molar-refractivity contribution in [2.45, 2.75) is 67.4 Å². The molecular formula is C21H26Se2. The minimum absolute atomic E-state index is 0.274. The van der Waals surface area contributed by atoms with Crippen LogP contribution in [0.1, 0.15) is 58.1 Å². The summed E-state index contributed by atoms with van der Waals surface area (Å²) in [4.78, 5) is 2.20. The molecule has 122 valence electrons. The summed E-state index contributed by atoms with van der Waals surface area (Å²) >= 11 is 1.46. The van der Waals surface area contributed by atoms with Gasteiger partial charge in [-0.2, -0.15) is 0 Å². The summed E-state index contributed by atoms with van der Waals surface area (Å²) in [5.41, 5.74) is 3.78. The van der Waals surface area contributed by atoms with Gasteiger partial charge in [0.15, 0.2) is 0 Å². The van der Waals surface area contributed by atoms with Crippen molar-refractivity contribution >= 4 is 29.9 Å². The second-order valence-corrected chi connectivity index (χ2v) is 13.9. The van der Waals surface area contributed by atoms with Gasteiger partial charge in [0.2, 0.25) is 0 Å². The zero-order valence-corrected chi connectivity index (χ0v) is 18.0. The molecule has 2 saturated carbocycles. The molecule has 4 aliphatic rings. The van der Waals surface area contributed by atoms with Crippen LogP contribution in [0.2, 0.25) is 9.63 Å². The Morgan fingerprint density at radius 1 is 0.783 bits per heavy atom. The van der Waals surface area contributed by atoms with Gasteiger partial charge in [-0.15, -0.1) is 0 Å². The molecule has 4 unspecified atom stereocenters. The van der Waals surface area contributed by atoms with Crippen molar-refractivity contribution in [1.82, 2.24) is 0 Å². The van der Waals surface area contributed by atoms with Crippen molar-refractivity contribution in [3.8, 4) is 0 Å². The summed E-state index contributed by atoms with van der Waals surface area (Å²) in [6.07, 6.45) is 4.67. The van der Waals surface area contributed by atoms with E-state index in [1.165, 1.54) is 0 Å². The van der Waals surface area contributed by atoms with Gasteiger partial charge in [-0.25, -0.2) is 0 Å². The molecular weight excluding hydrogens is 410 g/mol. The molecule has 5 rings (SSSR count). The fourth-order valence-electron chi connectivity index (χ4n) is 5.57. The number of hydrogen-bond acceptors (Lipinski definition) is 0. The number of fused-ring (bicyclic) bond motifs is 6. The van der Waals surface area contributed by atoms with Crippen molar-refractivity contribution in [3.05, 3.63) is 44.3 Å². The summed E-state index contributed by atoms with van der Waals surface area (Å²) < 4.78 is 3.81. The Morgan fingerprint density at radius 3 is 1.65 bits per heavy atom. The number of benzene rings is 1. The first-order valence-corrected chi connectivity index (χ1v) is 12.8. The molecule has 0 spiro atoms. The first kappa shape index (κ1) is 15.3. The van der Waals surface area contributed by atoms with E-state index in [0.29, 0.717) is 0 Å². The zero-order valence-electron chi connectivity index (χ0n) is 14.6. The first-order valence-electron chi connectivity index (χ1n) is 9.09.